The number of methoxy groups -OCH3 is 1. The fourth-order valence-electron chi connectivity index (χ4n) is 4.99. The standard InChI is InChI=1S/C28H26ClFN8O3/c1-14(2)37-23-21(33-24(37)18-12-32-28(35(3)4)34-25(18)41-6)27(40)38(20-10-17(29)13-36(5)26(20)39)22(23)15-7-8-16(11-31)19(30)9-15/h7-10,12-14,22H,1-6H3/t22-/m0/s1. The number of anilines is 2. The van der Waals surface area contributed by atoms with E-state index in [1.807, 2.05) is 24.5 Å². The lowest BCUT2D eigenvalue weighted by Crippen LogP contribution is -2.36. The Bertz CT molecular complexity index is 1810. The topological polar surface area (TPSA) is 122 Å². The third-order valence-electron chi connectivity index (χ3n) is 6.80. The number of rotatable bonds is 6. The van der Waals surface area contributed by atoms with E-state index >= 15 is 0 Å². The van der Waals surface area contributed by atoms with Gasteiger partial charge in [0.05, 0.1) is 29.0 Å². The first-order valence-corrected chi connectivity index (χ1v) is 13.0. The largest absolute Gasteiger partial charge is 0.480 e. The van der Waals surface area contributed by atoms with Crippen LogP contribution in [0.3, 0.4) is 0 Å². The molecule has 0 N–H and O–H groups in total. The van der Waals surface area contributed by atoms with Gasteiger partial charge in [-0.25, -0.2) is 14.4 Å². The molecule has 0 saturated heterocycles. The van der Waals surface area contributed by atoms with Gasteiger partial charge in [0.25, 0.3) is 11.5 Å². The van der Waals surface area contributed by atoms with Gasteiger partial charge in [-0.05, 0) is 37.6 Å². The van der Waals surface area contributed by atoms with Crippen molar-refractivity contribution in [3.8, 4) is 23.3 Å². The number of ether oxygens (including phenoxy) is 1. The fraction of sp³-hybridized carbons (Fsp3) is 0.286. The summed E-state index contributed by atoms with van der Waals surface area (Å²) in [5.74, 6) is -0.276. The second-order valence-electron chi connectivity index (χ2n) is 10.0. The highest BCUT2D eigenvalue weighted by atomic mass is 35.5. The molecule has 11 nitrogen and oxygen atoms in total. The second-order valence-corrected chi connectivity index (χ2v) is 10.4. The van der Waals surface area contributed by atoms with Crippen molar-refractivity contribution in [1.82, 2.24) is 24.1 Å². The van der Waals surface area contributed by atoms with Crippen LogP contribution in [0.2, 0.25) is 5.02 Å². The molecule has 5 rings (SSSR count). The molecule has 4 aromatic rings. The number of imidazole rings is 1. The molecule has 0 bridgehead atoms. The van der Waals surface area contributed by atoms with Crippen LogP contribution in [0.5, 0.6) is 5.88 Å². The molecule has 0 aliphatic carbocycles. The summed E-state index contributed by atoms with van der Waals surface area (Å²) in [5.41, 5.74) is 0.682. The minimum atomic E-state index is -0.970. The van der Waals surface area contributed by atoms with Crippen LogP contribution in [-0.4, -0.2) is 51.2 Å². The van der Waals surface area contributed by atoms with E-state index in [1.165, 1.54) is 48.0 Å². The van der Waals surface area contributed by atoms with Gasteiger partial charge in [-0.2, -0.15) is 10.2 Å². The van der Waals surface area contributed by atoms with Gasteiger partial charge in [0.1, 0.15) is 29.4 Å². The van der Waals surface area contributed by atoms with Crippen molar-refractivity contribution in [2.75, 3.05) is 31.0 Å². The van der Waals surface area contributed by atoms with Crippen molar-refractivity contribution in [3.05, 3.63) is 80.4 Å². The van der Waals surface area contributed by atoms with Crippen molar-refractivity contribution in [2.24, 2.45) is 7.05 Å². The molecule has 1 amide bonds. The number of hydrogen-bond acceptors (Lipinski definition) is 8. The Labute approximate surface area is 240 Å². The van der Waals surface area contributed by atoms with E-state index in [2.05, 4.69) is 9.97 Å². The number of aryl methyl sites for hydroxylation is 1. The number of amides is 1. The number of nitriles is 1. The van der Waals surface area contributed by atoms with E-state index < -0.39 is 23.3 Å². The first-order chi connectivity index (χ1) is 19.5. The predicted molar refractivity (Wildman–Crippen MR) is 151 cm³/mol. The summed E-state index contributed by atoms with van der Waals surface area (Å²) >= 11 is 6.30. The monoisotopic (exact) mass is 576 g/mol. The summed E-state index contributed by atoms with van der Waals surface area (Å²) in [5, 5.41) is 9.53. The van der Waals surface area contributed by atoms with Crippen molar-refractivity contribution in [1.29, 1.82) is 5.26 Å². The smallest absolute Gasteiger partial charge is 0.279 e. The molecule has 0 unspecified atom stereocenters. The zero-order valence-corrected chi connectivity index (χ0v) is 23.9. The minimum absolute atomic E-state index is 0.00544. The van der Waals surface area contributed by atoms with Crippen LogP contribution in [-0.2, 0) is 7.05 Å². The Morgan fingerprint density at radius 2 is 1.93 bits per heavy atom. The van der Waals surface area contributed by atoms with Crippen LogP contribution in [0.25, 0.3) is 11.4 Å². The quantitative estimate of drug-likeness (QED) is 0.336. The van der Waals surface area contributed by atoms with Crippen LogP contribution in [0, 0.1) is 17.1 Å². The molecule has 3 aromatic heterocycles. The summed E-state index contributed by atoms with van der Waals surface area (Å²) in [4.78, 5) is 44.0. The van der Waals surface area contributed by atoms with Crippen molar-refractivity contribution < 1.29 is 13.9 Å². The molecule has 41 heavy (non-hydrogen) atoms. The SMILES string of the molecule is COc1nc(N(C)C)ncc1-c1nc2c(n1C(C)C)[C@H](c1ccc(C#N)c(F)c1)N(c1cc(Cl)cn(C)c1=O)C2=O. The number of aromatic nitrogens is 5. The molecule has 13 heteroatoms. The van der Waals surface area contributed by atoms with Crippen molar-refractivity contribution in [3.63, 3.8) is 0 Å². The summed E-state index contributed by atoms with van der Waals surface area (Å²) in [7, 11) is 6.60. The zero-order chi connectivity index (χ0) is 29.7. The van der Waals surface area contributed by atoms with E-state index in [0.29, 0.717) is 28.6 Å². The van der Waals surface area contributed by atoms with Gasteiger partial charge in [-0.3, -0.25) is 14.5 Å². The number of carbonyl (C=O) groups excluding carboxylic acids is 1. The molecular weight excluding hydrogens is 551 g/mol. The molecule has 1 atom stereocenters. The fourth-order valence-corrected chi connectivity index (χ4v) is 5.24. The summed E-state index contributed by atoms with van der Waals surface area (Å²) < 4.78 is 23.7. The molecule has 1 aliphatic rings. The molecule has 0 fully saturated rings. The highest BCUT2D eigenvalue weighted by Gasteiger charge is 2.46. The predicted octanol–water partition coefficient (Wildman–Crippen LogP) is 4.11. The average molecular weight is 577 g/mol. The van der Waals surface area contributed by atoms with Crippen LogP contribution < -0.4 is 20.1 Å². The lowest BCUT2D eigenvalue weighted by atomic mass is 10.0. The molecule has 1 aromatic carbocycles. The number of benzene rings is 1. The maximum Gasteiger partial charge on any atom is 0.279 e. The molecule has 0 spiro atoms. The summed E-state index contributed by atoms with van der Waals surface area (Å²) in [6, 6.07) is 6.09. The second kappa shape index (κ2) is 10.3. The Morgan fingerprint density at radius 3 is 2.54 bits per heavy atom. The van der Waals surface area contributed by atoms with E-state index in [-0.39, 0.29) is 33.9 Å². The van der Waals surface area contributed by atoms with Gasteiger partial charge >= 0.3 is 0 Å². The molecule has 4 heterocycles. The number of pyridine rings is 1. The summed E-state index contributed by atoms with van der Waals surface area (Å²) in [6.07, 6.45) is 3.01. The molecule has 0 saturated carbocycles. The van der Waals surface area contributed by atoms with E-state index in [0.717, 1.165) is 0 Å². The maximum atomic E-state index is 15.0. The number of fused-ring (bicyclic) bond motifs is 1. The summed E-state index contributed by atoms with van der Waals surface area (Å²) in [6.45, 7) is 3.82. The van der Waals surface area contributed by atoms with Gasteiger partial charge in [0.15, 0.2) is 5.69 Å². The number of halogens is 2. The third kappa shape index (κ3) is 4.48. The first kappa shape index (κ1) is 27.8. The van der Waals surface area contributed by atoms with Crippen LogP contribution in [0.4, 0.5) is 16.0 Å². The Hall–Kier alpha value is -4.76. The highest BCUT2D eigenvalue weighted by Crippen LogP contribution is 2.45. The number of carbonyl (C=O) groups is 1. The molecule has 0 radical (unpaired) electrons. The molecular formula is C28H26ClFN8O3. The minimum Gasteiger partial charge on any atom is -0.480 e. The maximum absolute atomic E-state index is 15.0. The van der Waals surface area contributed by atoms with E-state index in [9.17, 15) is 19.2 Å². The van der Waals surface area contributed by atoms with Gasteiger partial charge in [0, 0.05) is 39.6 Å². The Balaban J connectivity index is 1.82. The number of hydrogen-bond donors (Lipinski definition) is 0. The highest BCUT2D eigenvalue weighted by molar-refractivity contribution is 6.30. The van der Waals surface area contributed by atoms with E-state index in [1.54, 1.807) is 31.3 Å². The Kier molecular flexibility index (Phi) is 7.00. The van der Waals surface area contributed by atoms with Gasteiger partial charge in [-0.15, -0.1) is 0 Å². The average Bonchev–Trinajstić information content (AvgIpc) is 3.45. The first-order valence-electron chi connectivity index (χ1n) is 12.6. The van der Waals surface area contributed by atoms with Crippen LogP contribution in [0.1, 0.15) is 53.2 Å². The van der Waals surface area contributed by atoms with Crippen LogP contribution >= 0.6 is 11.6 Å². The lowest BCUT2D eigenvalue weighted by Gasteiger charge is -2.28. The van der Waals surface area contributed by atoms with Crippen molar-refractivity contribution >= 4 is 29.1 Å². The third-order valence-corrected chi connectivity index (χ3v) is 7.00. The van der Waals surface area contributed by atoms with Gasteiger partial charge in [0.2, 0.25) is 11.8 Å². The lowest BCUT2D eigenvalue weighted by molar-refractivity contribution is 0.0989. The van der Waals surface area contributed by atoms with Crippen molar-refractivity contribution in [2.45, 2.75) is 25.9 Å². The van der Waals surface area contributed by atoms with E-state index in [4.69, 9.17) is 21.3 Å². The number of nitrogens with zero attached hydrogens (tertiary/aromatic N) is 8. The molecule has 1 aliphatic heterocycles. The van der Waals surface area contributed by atoms with Gasteiger partial charge < -0.3 is 18.8 Å². The zero-order valence-electron chi connectivity index (χ0n) is 23.2. The van der Waals surface area contributed by atoms with Crippen LogP contribution in [0.15, 0.2) is 41.5 Å². The Morgan fingerprint density at radius 1 is 1.20 bits per heavy atom. The molecule has 210 valence electrons. The van der Waals surface area contributed by atoms with Gasteiger partial charge in [-0.1, -0.05) is 17.7 Å². The normalized spacial score (nSPS) is 14.4.